The molecule has 0 aromatic carbocycles. The third-order valence-electron chi connectivity index (χ3n) is 6.78. The van der Waals surface area contributed by atoms with Gasteiger partial charge in [-0.05, 0) is 54.4 Å². The van der Waals surface area contributed by atoms with E-state index in [-0.39, 0.29) is 35.4 Å². The average molecular weight is 580 g/mol. The van der Waals surface area contributed by atoms with Gasteiger partial charge in [-0.2, -0.15) is 0 Å². The molecule has 1 N–H and O–H groups in total. The molecular formula is C34H63N2O5+. The third-order valence-corrected chi connectivity index (χ3v) is 6.78. The first-order chi connectivity index (χ1) is 19.2. The average Bonchev–Trinajstić information content (AvgIpc) is 2.81. The van der Waals surface area contributed by atoms with Crippen LogP contribution in [-0.4, -0.2) is 66.8 Å². The van der Waals surface area contributed by atoms with Crippen LogP contribution in [0.5, 0.6) is 0 Å². The van der Waals surface area contributed by atoms with Crippen molar-refractivity contribution in [2.24, 2.45) is 0 Å². The van der Waals surface area contributed by atoms with Crippen LogP contribution in [0.4, 0.5) is 0 Å². The smallest absolute Gasteiger partial charge is 0.362 e. The van der Waals surface area contributed by atoms with Crippen LogP contribution in [0.25, 0.3) is 0 Å². The Morgan fingerprint density at radius 3 is 1.44 bits per heavy atom. The number of quaternary nitrogens is 1. The van der Waals surface area contributed by atoms with E-state index < -0.39 is 11.2 Å². The molecular weight excluding hydrogens is 516 g/mol. The highest BCUT2D eigenvalue weighted by Gasteiger charge is 2.33. The summed E-state index contributed by atoms with van der Waals surface area (Å²) in [6.07, 6.45) is 23.6. The van der Waals surface area contributed by atoms with Crippen LogP contribution in [0.1, 0.15) is 144 Å². The van der Waals surface area contributed by atoms with Crippen LogP contribution in [0.15, 0.2) is 0 Å². The molecule has 0 radical (unpaired) electrons. The number of hydrogen-bond acceptors (Lipinski definition) is 5. The molecule has 0 aliphatic rings. The fourth-order valence-corrected chi connectivity index (χ4v) is 4.82. The second-order valence-electron chi connectivity index (χ2n) is 13.8. The predicted molar refractivity (Wildman–Crippen MR) is 168 cm³/mol. The van der Waals surface area contributed by atoms with Crippen molar-refractivity contribution in [3.05, 3.63) is 0 Å². The van der Waals surface area contributed by atoms with E-state index in [1.54, 1.807) is 0 Å². The summed E-state index contributed by atoms with van der Waals surface area (Å²) in [5, 5.41) is 3.00. The van der Waals surface area contributed by atoms with Crippen molar-refractivity contribution >= 4 is 17.8 Å². The molecule has 0 fully saturated rings. The van der Waals surface area contributed by atoms with Crippen LogP contribution in [0, 0.1) is 12.3 Å². The molecule has 238 valence electrons. The molecule has 0 aromatic heterocycles. The Morgan fingerprint density at radius 2 is 1.05 bits per heavy atom. The van der Waals surface area contributed by atoms with Crippen molar-refractivity contribution in [1.29, 1.82) is 0 Å². The van der Waals surface area contributed by atoms with Gasteiger partial charge in [0.1, 0.15) is 11.2 Å². The first-order valence-electron chi connectivity index (χ1n) is 16.1. The molecule has 0 bridgehead atoms. The number of nitrogens with zero attached hydrogens (tertiary/aromatic N) is 1. The topological polar surface area (TPSA) is 81.7 Å². The van der Waals surface area contributed by atoms with Gasteiger partial charge in [0.05, 0.1) is 13.6 Å². The summed E-state index contributed by atoms with van der Waals surface area (Å²) in [7, 11) is 1.86. The summed E-state index contributed by atoms with van der Waals surface area (Å²) >= 11 is 0. The number of nitrogens with one attached hydrogen (secondary N) is 1. The summed E-state index contributed by atoms with van der Waals surface area (Å²) in [6, 6.07) is 0. The second kappa shape index (κ2) is 21.6. The molecule has 0 aliphatic carbocycles. The van der Waals surface area contributed by atoms with Gasteiger partial charge in [0, 0.05) is 25.8 Å². The van der Waals surface area contributed by atoms with Gasteiger partial charge in [0.25, 0.3) is 0 Å². The minimum atomic E-state index is -0.593. The van der Waals surface area contributed by atoms with Gasteiger partial charge in [0.15, 0.2) is 13.1 Å². The van der Waals surface area contributed by atoms with Gasteiger partial charge < -0.3 is 19.3 Å². The molecule has 0 aliphatic heterocycles. The number of ether oxygens (including phenoxy) is 2. The molecule has 0 saturated heterocycles. The van der Waals surface area contributed by atoms with E-state index in [1.165, 1.54) is 70.6 Å². The highest BCUT2D eigenvalue weighted by Crippen LogP contribution is 2.15. The van der Waals surface area contributed by atoms with Gasteiger partial charge in [-0.15, -0.1) is 12.3 Å². The quantitative estimate of drug-likeness (QED) is 0.0604. The number of amides is 1. The number of carbonyl (C=O) groups is 3. The van der Waals surface area contributed by atoms with Crippen molar-refractivity contribution in [2.75, 3.05) is 33.2 Å². The normalized spacial score (nSPS) is 12.0. The molecule has 0 saturated carbocycles. The molecule has 7 nitrogen and oxygen atoms in total. The van der Waals surface area contributed by atoms with E-state index in [0.717, 1.165) is 19.3 Å². The minimum absolute atomic E-state index is 0.0674. The van der Waals surface area contributed by atoms with Gasteiger partial charge in [-0.1, -0.05) is 70.6 Å². The Balaban J connectivity index is 4.11. The molecule has 0 spiro atoms. The third kappa shape index (κ3) is 26.6. The van der Waals surface area contributed by atoms with Crippen LogP contribution in [0.3, 0.4) is 0 Å². The van der Waals surface area contributed by atoms with E-state index in [0.29, 0.717) is 25.9 Å². The number of carbonyl (C=O) groups excluding carboxylic acids is 3. The van der Waals surface area contributed by atoms with Crippen LogP contribution in [-0.2, 0) is 23.9 Å². The van der Waals surface area contributed by atoms with Gasteiger partial charge in [-0.3, -0.25) is 4.79 Å². The molecule has 0 heterocycles. The zero-order valence-corrected chi connectivity index (χ0v) is 27.7. The molecule has 7 heteroatoms. The molecule has 0 unspecified atom stereocenters. The number of rotatable bonds is 23. The van der Waals surface area contributed by atoms with Crippen molar-refractivity contribution in [2.45, 2.75) is 155 Å². The summed E-state index contributed by atoms with van der Waals surface area (Å²) < 4.78 is 11.2. The number of unbranched alkanes of at least 4 members (excludes halogenated alkanes) is 13. The lowest BCUT2D eigenvalue weighted by atomic mass is 10.0. The number of likely N-dealkylation sites (N-methyl/N-ethyl adjacent to an activating group) is 1. The Labute approximate surface area is 252 Å². The van der Waals surface area contributed by atoms with E-state index in [9.17, 15) is 14.4 Å². The Morgan fingerprint density at radius 1 is 0.659 bits per heavy atom. The second-order valence-corrected chi connectivity index (χ2v) is 13.8. The van der Waals surface area contributed by atoms with Crippen molar-refractivity contribution in [3.8, 4) is 12.3 Å². The maximum absolute atomic E-state index is 12.5. The van der Waals surface area contributed by atoms with Gasteiger partial charge in [0.2, 0.25) is 5.91 Å². The van der Waals surface area contributed by atoms with Crippen LogP contribution in [0.2, 0.25) is 0 Å². The minimum Gasteiger partial charge on any atom is -0.456 e. The molecule has 0 rings (SSSR count). The van der Waals surface area contributed by atoms with Gasteiger partial charge in [-0.25, -0.2) is 9.59 Å². The summed E-state index contributed by atoms with van der Waals surface area (Å²) in [4.78, 5) is 37.4. The van der Waals surface area contributed by atoms with E-state index in [4.69, 9.17) is 15.9 Å². The Kier molecular flexibility index (Phi) is 20.5. The lowest BCUT2D eigenvalue weighted by molar-refractivity contribution is -0.895. The lowest BCUT2D eigenvalue weighted by Gasteiger charge is -2.34. The summed E-state index contributed by atoms with van der Waals surface area (Å²) in [5.41, 5.74) is -1.19. The van der Waals surface area contributed by atoms with Crippen molar-refractivity contribution in [3.63, 3.8) is 0 Å². The zero-order valence-electron chi connectivity index (χ0n) is 27.7. The number of hydrogen-bond donors (Lipinski definition) is 1. The molecule has 0 atom stereocenters. The first kappa shape index (κ1) is 38.9. The fourth-order valence-electron chi connectivity index (χ4n) is 4.82. The van der Waals surface area contributed by atoms with E-state index in [2.05, 4.69) is 11.2 Å². The van der Waals surface area contributed by atoms with Gasteiger partial charge >= 0.3 is 11.9 Å². The predicted octanol–water partition coefficient (Wildman–Crippen LogP) is 7.11. The monoisotopic (exact) mass is 579 g/mol. The van der Waals surface area contributed by atoms with Crippen molar-refractivity contribution in [1.82, 2.24) is 5.32 Å². The first-order valence-corrected chi connectivity index (χ1v) is 16.1. The van der Waals surface area contributed by atoms with E-state index >= 15 is 0 Å². The van der Waals surface area contributed by atoms with E-state index in [1.807, 2.05) is 48.6 Å². The Bertz CT molecular complexity index is 743. The fraction of sp³-hybridized carbons (Fsp3) is 0.853. The standard InChI is InChI=1S/C34H62N2O5/c1-9-10-11-12-13-14-15-16-17-18-19-20-21-22-23-25-30(37)35-26-24-27-36(8,28-31(38)40-33(2,3)4)29-32(39)41-34(5,6)7/h1H,10-29H2,2-8H3/p+1. The summed E-state index contributed by atoms with van der Waals surface area (Å²) in [6.45, 7) is 12.2. The lowest BCUT2D eigenvalue weighted by Crippen LogP contribution is -2.53. The summed E-state index contributed by atoms with van der Waals surface area (Å²) in [5.74, 6) is 2.07. The number of esters is 2. The highest BCUT2D eigenvalue weighted by atomic mass is 16.6. The SMILES string of the molecule is C#CCCCCCCCCCCCCCCCC(=O)NCCC[N+](C)(CC(=O)OC(C)(C)C)CC(=O)OC(C)(C)C. The largest absolute Gasteiger partial charge is 0.456 e. The van der Waals surface area contributed by atoms with Crippen LogP contribution >= 0.6 is 0 Å². The highest BCUT2D eigenvalue weighted by molar-refractivity contribution is 5.75. The molecule has 1 amide bonds. The molecule has 0 aromatic rings. The maximum atomic E-state index is 12.5. The Hall–Kier alpha value is -2.07. The maximum Gasteiger partial charge on any atom is 0.362 e. The number of terminal acetylenes is 1. The van der Waals surface area contributed by atoms with Crippen molar-refractivity contribution < 1.29 is 28.3 Å². The molecule has 41 heavy (non-hydrogen) atoms. The zero-order chi connectivity index (χ0) is 31.2. The van der Waals surface area contributed by atoms with Crippen LogP contribution < -0.4 is 5.32 Å².